The third-order valence-electron chi connectivity index (χ3n) is 6.77. The molecule has 8 heteroatoms. The molecule has 0 fully saturated rings. The number of fused-ring (bicyclic) bond motifs is 1. The average molecular weight is 645 g/mol. The van der Waals surface area contributed by atoms with Gasteiger partial charge in [-0.2, -0.15) is 5.10 Å². The van der Waals surface area contributed by atoms with Crippen LogP contribution >= 0.6 is 31.9 Å². The molecule has 192 valence electrons. The molecule has 4 aromatic carbocycles. The van der Waals surface area contributed by atoms with Crippen molar-refractivity contribution in [3.63, 3.8) is 0 Å². The number of hydrogen-bond donors (Lipinski definition) is 1. The molecular weight excluding hydrogens is 625 g/mol. The van der Waals surface area contributed by atoms with E-state index in [2.05, 4.69) is 36.8 Å². The van der Waals surface area contributed by atoms with Crippen LogP contribution in [0.25, 0.3) is 22.0 Å². The van der Waals surface area contributed by atoms with E-state index in [4.69, 9.17) is 5.10 Å². The zero-order valence-electron chi connectivity index (χ0n) is 20.4. The third kappa shape index (κ3) is 4.86. The van der Waals surface area contributed by atoms with Gasteiger partial charge in [-0.05, 0) is 65.7 Å². The summed E-state index contributed by atoms with van der Waals surface area (Å²) < 4.78 is 15.3. The Morgan fingerprint density at radius 3 is 2.36 bits per heavy atom. The molecule has 1 atom stereocenters. The number of carbonyl (C=O) groups is 1. The number of rotatable bonds is 4. The maximum absolute atomic E-state index is 13.7. The predicted molar refractivity (Wildman–Crippen MR) is 158 cm³/mol. The molecule has 1 aliphatic rings. The summed E-state index contributed by atoms with van der Waals surface area (Å²) >= 11 is 7.09. The highest BCUT2D eigenvalue weighted by molar-refractivity contribution is 9.10. The van der Waals surface area contributed by atoms with E-state index in [1.807, 2.05) is 72.8 Å². The molecular formula is C31H20Br2FN3O2. The molecule has 6 rings (SSSR count). The fourth-order valence-electron chi connectivity index (χ4n) is 4.99. The maximum atomic E-state index is 13.7. The maximum Gasteiger partial charge on any atom is 0.274 e. The van der Waals surface area contributed by atoms with Gasteiger partial charge in [0.1, 0.15) is 5.82 Å². The molecule has 5 nitrogen and oxygen atoms in total. The number of pyridine rings is 1. The summed E-state index contributed by atoms with van der Waals surface area (Å²) in [5.41, 5.74) is 4.11. The van der Waals surface area contributed by atoms with Gasteiger partial charge in [-0.25, -0.2) is 9.40 Å². The van der Waals surface area contributed by atoms with Crippen LogP contribution in [0.4, 0.5) is 4.39 Å². The van der Waals surface area contributed by atoms with E-state index in [-0.39, 0.29) is 11.5 Å². The first-order chi connectivity index (χ1) is 18.9. The van der Waals surface area contributed by atoms with Crippen LogP contribution in [-0.2, 0) is 0 Å². The van der Waals surface area contributed by atoms with E-state index in [9.17, 15) is 14.0 Å². The lowest BCUT2D eigenvalue weighted by Crippen LogP contribution is -2.27. The van der Waals surface area contributed by atoms with Gasteiger partial charge in [0.15, 0.2) is 0 Å². The number of halogens is 3. The van der Waals surface area contributed by atoms with E-state index < -0.39 is 11.9 Å². The van der Waals surface area contributed by atoms with Crippen molar-refractivity contribution in [2.75, 3.05) is 0 Å². The van der Waals surface area contributed by atoms with Crippen LogP contribution in [0.1, 0.15) is 33.9 Å². The molecule has 0 bridgehead atoms. The second-order valence-corrected chi connectivity index (χ2v) is 11.1. The first-order valence-electron chi connectivity index (χ1n) is 12.2. The fourth-order valence-corrected chi connectivity index (χ4v) is 5.77. The van der Waals surface area contributed by atoms with Crippen molar-refractivity contribution >= 4 is 54.4 Å². The number of benzene rings is 4. The number of H-pyrrole nitrogens is 1. The largest absolute Gasteiger partial charge is 0.321 e. The lowest BCUT2D eigenvalue weighted by atomic mass is 9.91. The van der Waals surface area contributed by atoms with Crippen LogP contribution in [0.15, 0.2) is 116 Å². The van der Waals surface area contributed by atoms with E-state index in [0.717, 1.165) is 31.0 Å². The summed E-state index contributed by atoms with van der Waals surface area (Å²) in [5.74, 6) is -0.807. The molecule has 39 heavy (non-hydrogen) atoms. The van der Waals surface area contributed by atoms with Crippen LogP contribution in [0, 0.1) is 5.82 Å². The molecule has 1 N–H and O–H groups in total. The summed E-state index contributed by atoms with van der Waals surface area (Å²) in [6.45, 7) is 0. The van der Waals surface area contributed by atoms with E-state index in [1.54, 1.807) is 0 Å². The minimum absolute atomic E-state index is 0.286. The first kappa shape index (κ1) is 25.4. The topological polar surface area (TPSA) is 65.5 Å². The molecule has 1 amide bonds. The Kier molecular flexibility index (Phi) is 6.74. The van der Waals surface area contributed by atoms with Crippen LogP contribution in [0.3, 0.4) is 0 Å². The molecule has 0 saturated carbocycles. The predicted octanol–water partition coefficient (Wildman–Crippen LogP) is 7.85. The number of nitrogens with one attached hydrogen (secondary N) is 1. The molecule has 0 unspecified atom stereocenters. The van der Waals surface area contributed by atoms with Gasteiger partial charge in [0, 0.05) is 37.4 Å². The molecule has 0 spiro atoms. The van der Waals surface area contributed by atoms with Gasteiger partial charge in [0.05, 0.1) is 17.3 Å². The fraction of sp³-hybridized carbons (Fsp3) is 0.0645. The van der Waals surface area contributed by atoms with Crippen molar-refractivity contribution in [1.82, 2.24) is 9.99 Å². The van der Waals surface area contributed by atoms with Crippen molar-refractivity contribution in [3.05, 3.63) is 139 Å². The Morgan fingerprint density at radius 2 is 1.62 bits per heavy atom. The van der Waals surface area contributed by atoms with Crippen molar-refractivity contribution in [2.45, 2.75) is 12.5 Å². The minimum Gasteiger partial charge on any atom is -0.321 e. The second kappa shape index (κ2) is 10.4. The summed E-state index contributed by atoms with van der Waals surface area (Å²) in [5, 5.41) is 7.04. The highest BCUT2D eigenvalue weighted by Crippen LogP contribution is 2.38. The molecule has 5 aromatic rings. The standard InChI is InChI=1S/C31H20Br2FN3O2/c32-21-8-4-7-20(15-21)27-17-26(36-37(27)31(39)19-9-12-23(34)13-10-19)29-28(18-5-2-1-3-6-18)24-16-22(33)11-14-25(24)35-30(29)38/h1-16,27H,17H2,(H,35,38)/t27-/m1/s1. The quantitative estimate of drug-likeness (QED) is 0.217. The highest BCUT2D eigenvalue weighted by atomic mass is 79.9. The first-order valence-corrected chi connectivity index (χ1v) is 13.8. The Labute approximate surface area is 240 Å². The zero-order chi connectivity index (χ0) is 27.1. The molecule has 0 saturated heterocycles. The SMILES string of the molecule is O=C(c1ccc(F)cc1)N1N=C(c2c(-c3ccccc3)c3cc(Br)ccc3[nH]c2=O)C[C@@H]1c1cccc(Br)c1. The number of amides is 1. The number of hydrogen-bond acceptors (Lipinski definition) is 3. The average Bonchev–Trinajstić information content (AvgIpc) is 3.38. The van der Waals surface area contributed by atoms with Crippen molar-refractivity contribution in [2.24, 2.45) is 5.10 Å². The van der Waals surface area contributed by atoms with E-state index in [1.165, 1.54) is 29.3 Å². The molecule has 1 aromatic heterocycles. The third-order valence-corrected chi connectivity index (χ3v) is 7.76. The van der Waals surface area contributed by atoms with Crippen LogP contribution < -0.4 is 5.56 Å². The van der Waals surface area contributed by atoms with Crippen LogP contribution in [-0.4, -0.2) is 21.6 Å². The van der Waals surface area contributed by atoms with E-state index in [0.29, 0.717) is 28.8 Å². The molecule has 2 heterocycles. The minimum atomic E-state index is -0.462. The molecule has 1 aliphatic heterocycles. The van der Waals surface area contributed by atoms with Crippen molar-refractivity contribution in [3.8, 4) is 11.1 Å². The summed E-state index contributed by atoms with van der Waals surface area (Å²) in [6.07, 6.45) is 0.325. The van der Waals surface area contributed by atoms with Gasteiger partial charge in [0.2, 0.25) is 0 Å². The zero-order valence-corrected chi connectivity index (χ0v) is 23.5. The lowest BCUT2D eigenvalue weighted by molar-refractivity contribution is 0.0711. The van der Waals surface area contributed by atoms with Gasteiger partial charge in [-0.15, -0.1) is 0 Å². The molecule has 0 radical (unpaired) electrons. The number of hydrazone groups is 1. The Bertz CT molecular complexity index is 1820. The van der Waals surface area contributed by atoms with E-state index >= 15 is 0 Å². The summed E-state index contributed by atoms with van der Waals surface area (Å²) in [6, 6.07) is 28.0. The Hall–Kier alpha value is -3.88. The lowest BCUT2D eigenvalue weighted by Gasteiger charge is -2.22. The van der Waals surface area contributed by atoms with Gasteiger partial charge < -0.3 is 4.98 Å². The van der Waals surface area contributed by atoms with Gasteiger partial charge in [0.25, 0.3) is 11.5 Å². The Morgan fingerprint density at radius 1 is 0.872 bits per heavy atom. The highest BCUT2D eigenvalue weighted by Gasteiger charge is 2.36. The van der Waals surface area contributed by atoms with Crippen molar-refractivity contribution in [1.29, 1.82) is 0 Å². The molecule has 0 aliphatic carbocycles. The van der Waals surface area contributed by atoms with Crippen LogP contribution in [0.5, 0.6) is 0 Å². The summed E-state index contributed by atoms with van der Waals surface area (Å²) in [7, 11) is 0. The number of aromatic nitrogens is 1. The summed E-state index contributed by atoms with van der Waals surface area (Å²) in [4.78, 5) is 30.4. The van der Waals surface area contributed by atoms with Crippen molar-refractivity contribution < 1.29 is 9.18 Å². The Balaban J connectivity index is 1.57. The van der Waals surface area contributed by atoms with Crippen LogP contribution in [0.2, 0.25) is 0 Å². The number of nitrogens with zero attached hydrogens (tertiary/aromatic N) is 2. The van der Waals surface area contributed by atoms with Gasteiger partial charge in [-0.1, -0.05) is 74.3 Å². The normalized spacial score (nSPS) is 15.0. The van der Waals surface area contributed by atoms with Gasteiger partial charge >= 0.3 is 0 Å². The smallest absolute Gasteiger partial charge is 0.274 e. The second-order valence-electron chi connectivity index (χ2n) is 9.24. The number of aromatic amines is 1. The van der Waals surface area contributed by atoms with Gasteiger partial charge in [-0.3, -0.25) is 9.59 Å². The number of carbonyl (C=O) groups excluding carboxylic acids is 1. The monoisotopic (exact) mass is 643 g/mol.